The molecule has 0 bridgehead atoms. The van der Waals surface area contributed by atoms with Gasteiger partial charge in [0.1, 0.15) is 5.75 Å². The predicted molar refractivity (Wildman–Crippen MR) is 166 cm³/mol. The van der Waals surface area contributed by atoms with E-state index < -0.39 is 34.1 Å². The van der Waals surface area contributed by atoms with Crippen LogP contribution in [0.4, 0.5) is 0 Å². The Morgan fingerprint density at radius 2 is 1.43 bits per heavy atom. The van der Waals surface area contributed by atoms with Crippen LogP contribution in [0.5, 0.6) is 34.5 Å². The fraction of sp³-hybridized carbons (Fsp3) is 0.250. The molecule has 0 atom stereocenters. The van der Waals surface area contributed by atoms with Gasteiger partial charge in [0.2, 0.25) is 10.9 Å². The molecule has 0 fully saturated rings. The van der Waals surface area contributed by atoms with E-state index in [2.05, 4.69) is 0 Å². The predicted octanol–water partition coefficient (Wildman–Crippen LogP) is 4.44. The van der Waals surface area contributed by atoms with E-state index in [1.807, 2.05) is 0 Å². The first-order valence-electron chi connectivity index (χ1n) is 13.3. The summed E-state index contributed by atoms with van der Waals surface area (Å²) < 4.78 is 22.6. The standard InChI is InChI=1S/C32H26O11S/c1-10-7-13-18-20-17-12(8-14(40-3)25(36)23(17)27(38)30(42-5)22(20)16(10)11(2)33)19-21(18)24(26(37)29(13)41-4)28(39)32(31(19)43-6)44-9-15(34)35/h8,36-37H,7,9H2,1-6H3,(H,34,35). The first kappa shape index (κ1) is 29.1. The fourth-order valence-electron chi connectivity index (χ4n) is 6.73. The largest absolute Gasteiger partial charge is 0.504 e. The highest BCUT2D eigenvalue weighted by atomic mass is 32.2. The van der Waals surface area contributed by atoms with Crippen LogP contribution < -0.4 is 29.8 Å². The molecule has 226 valence electrons. The molecule has 6 rings (SSSR count). The smallest absolute Gasteiger partial charge is 0.313 e. The highest BCUT2D eigenvalue weighted by Crippen LogP contribution is 2.57. The molecule has 0 spiro atoms. The molecule has 12 heteroatoms. The van der Waals surface area contributed by atoms with Gasteiger partial charge >= 0.3 is 5.97 Å². The summed E-state index contributed by atoms with van der Waals surface area (Å²) in [7, 11) is 5.26. The molecule has 5 aromatic rings. The van der Waals surface area contributed by atoms with Crippen molar-refractivity contribution < 1.29 is 43.9 Å². The molecule has 0 saturated heterocycles. The number of hydrogen-bond donors (Lipinski definition) is 3. The maximum atomic E-state index is 14.2. The van der Waals surface area contributed by atoms with E-state index in [1.54, 1.807) is 6.92 Å². The van der Waals surface area contributed by atoms with E-state index >= 15 is 0 Å². The van der Waals surface area contributed by atoms with Gasteiger partial charge in [0.15, 0.2) is 34.5 Å². The van der Waals surface area contributed by atoms with Gasteiger partial charge in [0.25, 0.3) is 0 Å². The van der Waals surface area contributed by atoms with Crippen molar-refractivity contribution in [1.82, 2.24) is 0 Å². The average Bonchev–Trinajstić information content (AvgIpc) is 3.10. The Bertz CT molecular complexity index is 2270. The van der Waals surface area contributed by atoms with Crippen LogP contribution in [0.2, 0.25) is 0 Å². The molecule has 0 saturated carbocycles. The Balaban J connectivity index is 2.13. The number of thioether (sulfide) groups is 1. The maximum absolute atomic E-state index is 14.2. The summed E-state index contributed by atoms with van der Waals surface area (Å²) in [6.07, 6.45) is 0.0906. The minimum Gasteiger partial charge on any atom is -0.504 e. The Kier molecular flexibility index (Phi) is 6.65. The third-order valence-corrected chi connectivity index (χ3v) is 9.28. The lowest BCUT2D eigenvalue weighted by atomic mass is 9.83. The number of benzene rings is 5. The third-order valence-electron chi connectivity index (χ3n) is 8.23. The molecule has 44 heavy (non-hydrogen) atoms. The first-order valence-corrected chi connectivity index (χ1v) is 14.3. The third kappa shape index (κ3) is 3.57. The molecule has 0 radical (unpaired) electrons. The molecule has 3 N–H and O–H groups in total. The van der Waals surface area contributed by atoms with Crippen LogP contribution in [0.3, 0.4) is 0 Å². The number of aliphatic carboxylic acids is 1. The number of ketones is 1. The zero-order valence-electron chi connectivity index (χ0n) is 24.5. The number of hydrogen-bond acceptors (Lipinski definition) is 11. The number of Topliss-reactive ketones (excluding diaryl/α,β-unsaturated/α-hetero) is 1. The summed E-state index contributed by atoms with van der Waals surface area (Å²) in [6, 6.07) is 1.48. The minimum absolute atomic E-state index is 0.0192. The lowest BCUT2D eigenvalue weighted by Gasteiger charge is -2.24. The van der Waals surface area contributed by atoms with Gasteiger partial charge in [-0.05, 0) is 37.1 Å². The molecule has 0 unspecified atom stereocenters. The number of ether oxygens (including phenoxy) is 4. The fourth-order valence-corrected chi connectivity index (χ4v) is 7.55. The second-order valence-electron chi connectivity index (χ2n) is 10.5. The van der Waals surface area contributed by atoms with Gasteiger partial charge in [-0.3, -0.25) is 19.2 Å². The topological polar surface area (TPSA) is 166 Å². The number of fused-ring (bicyclic) bond motifs is 1. The van der Waals surface area contributed by atoms with Crippen molar-refractivity contribution in [1.29, 1.82) is 0 Å². The van der Waals surface area contributed by atoms with Crippen LogP contribution in [-0.4, -0.2) is 61.3 Å². The number of methoxy groups -OCH3 is 4. The number of phenolic OH excluding ortho intramolecular Hbond substituents is 2. The monoisotopic (exact) mass is 618 g/mol. The van der Waals surface area contributed by atoms with Gasteiger partial charge < -0.3 is 34.3 Å². The molecule has 11 nitrogen and oxygen atoms in total. The van der Waals surface area contributed by atoms with E-state index in [0.29, 0.717) is 27.3 Å². The van der Waals surface area contributed by atoms with Crippen molar-refractivity contribution in [2.75, 3.05) is 34.2 Å². The number of phenols is 2. The molecule has 5 aromatic carbocycles. The maximum Gasteiger partial charge on any atom is 0.313 e. The summed E-state index contributed by atoms with van der Waals surface area (Å²) in [5.41, 5.74) is 0.00979. The van der Waals surface area contributed by atoms with E-state index in [0.717, 1.165) is 11.8 Å². The normalized spacial score (nSPS) is 13.0. The van der Waals surface area contributed by atoms with Gasteiger partial charge in [0.05, 0.1) is 49.9 Å². The summed E-state index contributed by atoms with van der Waals surface area (Å²) in [5.74, 6) is -3.21. The summed E-state index contributed by atoms with van der Waals surface area (Å²) in [6.45, 7) is 3.09. The molecule has 1 aliphatic rings. The Labute approximate surface area is 252 Å². The number of allylic oxidation sites excluding steroid dienone is 2. The second-order valence-corrected chi connectivity index (χ2v) is 11.4. The van der Waals surface area contributed by atoms with Crippen LogP contribution in [0.25, 0.3) is 48.7 Å². The quantitative estimate of drug-likeness (QED) is 0.127. The molecule has 0 aromatic heterocycles. The second kappa shape index (κ2) is 10.1. The number of aromatic hydroxyl groups is 2. The number of carbonyl (C=O) groups excluding carboxylic acids is 1. The van der Waals surface area contributed by atoms with Crippen LogP contribution in [0.1, 0.15) is 25.0 Å². The lowest BCUT2D eigenvalue weighted by molar-refractivity contribution is -0.133. The zero-order valence-corrected chi connectivity index (χ0v) is 25.3. The Hall–Kier alpha value is -4.97. The van der Waals surface area contributed by atoms with E-state index in [4.69, 9.17) is 18.9 Å². The van der Waals surface area contributed by atoms with Crippen LogP contribution in [0.15, 0.2) is 26.1 Å². The highest BCUT2D eigenvalue weighted by Gasteiger charge is 2.36. The van der Waals surface area contributed by atoms with Crippen molar-refractivity contribution in [2.45, 2.75) is 25.2 Å². The van der Waals surface area contributed by atoms with E-state index in [1.165, 1.54) is 41.4 Å². The number of rotatable bonds is 8. The Morgan fingerprint density at radius 1 is 0.795 bits per heavy atom. The molecule has 0 amide bonds. The lowest BCUT2D eigenvalue weighted by Crippen LogP contribution is -2.14. The molecule has 0 aliphatic heterocycles. The van der Waals surface area contributed by atoms with Crippen molar-refractivity contribution >= 4 is 72.2 Å². The summed E-state index contributed by atoms with van der Waals surface area (Å²) in [4.78, 5) is 53.1. The van der Waals surface area contributed by atoms with E-state index in [9.17, 15) is 34.5 Å². The van der Waals surface area contributed by atoms with Crippen molar-refractivity contribution in [3.05, 3.63) is 43.2 Å². The van der Waals surface area contributed by atoms with Crippen molar-refractivity contribution in [3.63, 3.8) is 0 Å². The first-order chi connectivity index (χ1) is 20.9. The number of carbonyl (C=O) groups is 2. The van der Waals surface area contributed by atoms with Crippen molar-refractivity contribution in [3.8, 4) is 34.5 Å². The molecule has 1 aliphatic carbocycles. The zero-order chi connectivity index (χ0) is 31.9. The van der Waals surface area contributed by atoms with Crippen LogP contribution in [0, 0.1) is 0 Å². The van der Waals surface area contributed by atoms with E-state index in [-0.39, 0.29) is 78.2 Å². The summed E-state index contributed by atoms with van der Waals surface area (Å²) in [5, 5.41) is 34.0. The average molecular weight is 619 g/mol. The van der Waals surface area contributed by atoms with Gasteiger partial charge in [-0.1, -0.05) is 5.57 Å². The van der Waals surface area contributed by atoms with Gasteiger partial charge in [0, 0.05) is 38.2 Å². The molecular formula is C32H26O11S. The van der Waals surface area contributed by atoms with Crippen LogP contribution in [-0.2, 0) is 16.0 Å². The highest BCUT2D eigenvalue weighted by molar-refractivity contribution is 8.00. The molecule has 0 heterocycles. The SMILES string of the molecule is COc1cc2c3c(OC)c(SCC(=O)O)c(=O)c4c(O)c(OC)c5c(c6c(c(OC)c(=O)c(c1O)c26)C(C(C)=O)=C(C)C5)c43. The Morgan fingerprint density at radius 3 is 2.00 bits per heavy atom. The van der Waals surface area contributed by atoms with Gasteiger partial charge in [-0.25, -0.2) is 0 Å². The van der Waals surface area contributed by atoms with Crippen molar-refractivity contribution in [2.24, 2.45) is 0 Å². The number of carboxylic acid groups (broad SMARTS) is 1. The molecular weight excluding hydrogens is 592 g/mol. The summed E-state index contributed by atoms with van der Waals surface area (Å²) >= 11 is 0.722. The number of carboxylic acids is 1. The van der Waals surface area contributed by atoms with Crippen LogP contribution >= 0.6 is 11.8 Å². The minimum atomic E-state index is -1.18. The van der Waals surface area contributed by atoms with Gasteiger partial charge in [-0.2, -0.15) is 0 Å². The van der Waals surface area contributed by atoms with Gasteiger partial charge in [-0.15, -0.1) is 11.8 Å².